The number of aromatic nitrogens is 1. The minimum atomic E-state index is -0.262. The van der Waals surface area contributed by atoms with Crippen molar-refractivity contribution >= 4 is 11.4 Å². The number of anilines is 1. The van der Waals surface area contributed by atoms with Crippen molar-refractivity contribution in [1.82, 2.24) is 15.2 Å². The SMILES string of the molecule is COc1cccc(F)c1C1=CNC(c2cccc(N3CC[C@@H](N(C)C)C3)n2)C1. The minimum absolute atomic E-state index is 0.0338. The number of pyridine rings is 1. The lowest BCUT2D eigenvalue weighted by Crippen LogP contribution is -2.31. The Morgan fingerprint density at radius 2 is 2.04 bits per heavy atom. The number of likely N-dealkylation sites (N-methyl/N-ethyl adjacent to an activating group) is 1. The third-order valence-electron chi connectivity index (χ3n) is 5.73. The summed E-state index contributed by atoms with van der Waals surface area (Å²) in [6.45, 7) is 2.02. The van der Waals surface area contributed by atoms with Gasteiger partial charge in [0.1, 0.15) is 17.4 Å². The molecule has 6 heteroatoms. The number of hydrogen-bond donors (Lipinski definition) is 1. The average Bonchev–Trinajstić information content (AvgIpc) is 3.38. The van der Waals surface area contributed by atoms with Gasteiger partial charge in [-0.25, -0.2) is 9.37 Å². The van der Waals surface area contributed by atoms with Gasteiger partial charge in [-0.2, -0.15) is 0 Å². The van der Waals surface area contributed by atoms with Crippen molar-refractivity contribution in [3.63, 3.8) is 0 Å². The molecule has 1 unspecified atom stereocenters. The van der Waals surface area contributed by atoms with Crippen LogP contribution in [-0.2, 0) is 0 Å². The highest BCUT2D eigenvalue weighted by molar-refractivity contribution is 5.73. The molecule has 148 valence electrons. The normalized spacial score (nSPS) is 21.8. The maximum Gasteiger partial charge on any atom is 0.134 e. The van der Waals surface area contributed by atoms with E-state index >= 15 is 0 Å². The summed E-state index contributed by atoms with van der Waals surface area (Å²) < 4.78 is 19.8. The fraction of sp³-hybridized carbons (Fsp3) is 0.409. The number of benzene rings is 1. The lowest BCUT2D eigenvalue weighted by atomic mass is 9.99. The molecule has 0 radical (unpaired) electrons. The molecule has 2 aromatic rings. The molecule has 1 N–H and O–H groups in total. The van der Waals surface area contributed by atoms with Gasteiger partial charge in [-0.05, 0) is 50.4 Å². The molecule has 2 atom stereocenters. The molecule has 1 fully saturated rings. The van der Waals surface area contributed by atoms with Crippen LogP contribution in [-0.4, -0.2) is 50.2 Å². The molecule has 2 aliphatic heterocycles. The summed E-state index contributed by atoms with van der Waals surface area (Å²) in [6.07, 6.45) is 3.71. The Bertz CT molecular complexity index is 883. The summed E-state index contributed by atoms with van der Waals surface area (Å²) in [5, 5.41) is 3.37. The molecule has 0 amide bonds. The molecular formula is C22H27FN4O. The monoisotopic (exact) mass is 382 g/mol. The largest absolute Gasteiger partial charge is 0.496 e. The van der Waals surface area contributed by atoms with Crippen molar-refractivity contribution in [2.45, 2.75) is 24.9 Å². The third-order valence-corrected chi connectivity index (χ3v) is 5.73. The first-order valence-electron chi connectivity index (χ1n) is 9.73. The van der Waals surface area contributed by atoms with E-state index in [1.54, 1.807) is 19.2 Å². The number of hydrogen-bond acceptors (Lipinski definition) is 5. The van der Waals surface area contributed by atoms with Gasteiger partial charge in [0.2, 0.25) is 0 Å². The summed E-state index contributed by atoms with van der Waals surface area (Å²) in [7, 11) is 5.83. The van der Waals surface area contributed by atoms with E-state index < -0.39 is 0 Å². The highest BCUT2D eigenvalue weighted by atomic mass is 19.1. The molecule has 4 rings (SSSR count). The second-order valence-electron chi connectivity index (χ2n) is 7.68. The first-order chi connectivity index (χ1) is 13.6. The van der Waals surface area contributed by atoms with Crippen LogP contribution < -0.4 is 15.0 Å². The Labute approximate surface area is 165 Å². The first-order valence-corrected chi connectivity index (χ1v) is 9.73. The number of rotatable bonds is 5. The van der Waals surface area contributed by atoms with E-state index in [1.807, 2.05) is 12.3 Å². The van der Waals surface area contributed by atoms with Crippen molar-refractivity contribution in [3.8, 4) is 5.75 Å². The van der Waals surface area contributed by atoms with Crippen molar-refractivity contribution in [2.24, 2.45) is 0 Å². The molecule has 3 heterocycles. The number of nitrogens with one attached hydrogen (secondary N) is 1. The van der Waals surface area contributed by atoms with Crippen molar-refractivity contribution < 1.29 is 9.13 Å². The quantitative estimate of drug-likeness (QED) is 0.858. The Balaban J connectivity index is 1.51. The first kappa shape index (κ1) is 18.7. The molecule has 2 aliphatic rings. The molecule has 5 nitrogen and oxygen atoms in total. The second kappa shape index (κ2) is 7.80. The van der Waals surface area contributed by atoms with E-state index in [0.717, 1.165) is 36.6 Å². The topological polar surface area (TPSA) is 40.6 Å². The zero-order valence-corrected chi connectivity index (χ0v) is 16.7. The van der Waals surface area contributed by atoms with Gasteiger partial charge in [-0.15, -0.1) is 0 Å². The number of methoxy groups -OCH3 is 1. The number of ether oxygens (including phenoxy) is 1. The van der Waals surface area contributed by atoms with Crippen LogP contribution in [0.25, 0.3) is 5.57 Å². The highest BCUT2D eigenvalue weighted by Gasteiger charge is 2.27. The summed E-state index contributed by atoms with van der Waals surface area (Å²) in [4.78, 5) is 9.53. The van der Waals surface area contributed by atoms with Crippen molar-refractivity contribution in [2.75, 3.05) is 39.2 Å². The standard InChI is InChI=1S/C22H27FN4O/c1-26(2)16-10-11-27(14-16)21-9-5-7-18(25-21)19-12-15(13-24-19)22-17(23)6-4-8-20(22)28-3/h4-9,13,16,19,24H,10-12,14H2,1-3H3/t16-,19?/m1/s1. The van der Waals surface area contributed by atoms with Crippen molar-refractivity contribution in [1.29, 1.82) is 0 Å². The predicted octanol–water partition coefficient (Wildman–Crippen LogP) is 3.45. The van der Waals surface area contributed by atoms with Gasteiger partial charge in [0, 0.05) is 31.8 Å². The fourth-order valence-electron chi connectivity index (χ4n) is 4.07. The summed E-state index contributed by atoms with van der Waals surface area (Å²) in [6, 6.07) is 11.7. The Hall–Kier alpha value is -2.60. The van der Waals surface area contributed by atoms with Crippen molar-refractivity contribution in [3.05, 3.63) is 59.7 Å². The van der Waals surface area contributed by atoms with E-state index in [9.17, 15) is 4.39 Å². The molecule has 1 aromatic heterocycles. The van der Waals surface area contributed by atoms with E-state index in [-0.39, 0.29) is 11.9 Å². The molecular weight excluding hydrogens is 355 g/mol. The molecule has 28 heavy (non-hydrogen) atoms. The Kier molecular flexibility index (Phi) is 5.22. The minimum Gasteiger partial charge on any atom is -0.496 e. The Morgan fingerprint density at radius 1 is 1.21 bits per heavy atom. The molecule has 1 aromatic carbocycles. The zero-order chi connectivity index (χ0) is 19.7. The predicted molar refractivity (Wildman–Crippen MR) is 110 cm³/mol. The number of halogens is 1. The third kappa shape index (κ3) is 3.56. The summed E-state index contributed by atoms with van der Waals surface area (Å²) in [5.41, 5.74) is 2.41. The van der Waals surface area contributed by atoms with Gasteiger partial charge in [0.05, 0.1) is 24.4 Å². The molecule has 0 spiro atoms. The van der Waals surface area contributed by atoms with E-state index in [4.69, 9.17) is 9.72 Å². The smallest absolute Gasteiger partial charge is 0.134 e. The van der Waals surface area contributed by atoms with E-state index in [0.29, 0.717) is 23.8 Å². The maximum atomic E-state index is 14.4. The van der Waals surface area contributed by atoms with Gasteiger partial charge >= 0.3 is 0 Å². The van der Waals surface area contributed by atoms with Gasteiger partial charge in [0.25, 0.3) is 0 Å². The molecule has 1 saturated heterocycles. The van der Waals surface area contributed by atoms with Gasteiger partial charge < -0.3 is 19.9 Å². The van der Waals surface area contributed by atoms with Crippen LogP contribution in [0.4, 0.5) is 10.2 Å². The van der Waals surface area contributed by atoms with Crippen LogP contribution in [0.15, 0.2) is 42.6 Å². The van der Waals surface area contributed by atoms with Crippen LogP contribution in [0.2, 0.25) is 0 Å². The van der Waals surface area contributed by atoms with Crippen LogP contribution in [0.1, 0.15) is 30.1 Å². The molecule has 0 aliphatic carbocycles. The van der Waals surface area contributed by atoms with Gasteiger partial charge in [0.15, 0.2) is 0 Å². The van der Waals surface area contributed by atoms with Gasteiger partial charge in [-0.1, -0.05) is 12.1 Å². The molecule has 0 saturated carbocycles. The maximum absolute atomic E-state index is 14.4. The highest BCUT2D eigenvalue weighted by Crippen LogP contribution is 2.37. The second-order valence-corrected chi connectivity index (χ2v) is 7.68. The van der Waals surface area contributed by atoms with Crippen LogP contribution in [0, 0.1) is 5.82 Å². The average molecular weight is 382 g/mol. The van der Waals surface area contributed by atoms with E-state index in [1.165, 1.54) is 6.07 Å². The van der Waals surface area contributed by atoms with Crippen LogP contribution >= 0.6 is 0 Å². The van der Waals surface area contributed by atoms with Crippen LogP contribution in [0.3, 0.4) is 0 Å². The number of nitrogens with zero attached hydrogens (tertiary/aromatic N) is 3. The van der Waals surface area contributed by atoms with E-state index in [2.05, 4.69) is 41.3 Å². The Morgan fingerprint density at radius 3 is 2.79 bits per heavy atom. The molecule has 0 bridgehead atoms. The lowest BCUT2D eigenvalue weighted by molar-refractivity contribution is 0.315. The van der Waals surface area contributed by atoms with Crippen LogP contribution in [0.5, 0.6) is 5.75 Å². The summed E-state index contributed by atoms with van der Waals surface area (Å²) in [5.74, 6) is 1.31. The zero-order valence-electron chi connectivity index (χ0n) is 16.7. The van der Waals surface area contributed by atoms with Gasteiger partial charge in [-0.3, -0.25) is 0 Å². The fourth-order valence-corrected chi connectivity index (χ4v) is 4.07. The lowest BCUT2D eigenvalue weighted by Gasteiger charge is -2.22. The summed E-state index contributed by atoms with van der Waals surface area (Å²) >= 11 is 0.